The average molecular weight is 327 g/mol. The van der Waals surface area contributed by atoms with Crippen LogP contribution in [0.3, 0.4) is 0 Å². The van der Waals surface area contributed by atoms with Gasteiger partial charge in [0.2, 0.25) is 0 Å². The van der Waals surface area contributed by atoms with Crippen molar-refractivity contribution in [2.75, 3.05) is 0 Å². The first-order valence-corrected chi connectivity index (χ1v) is 8.82. The van der Waals surface area contributed by atoms with Crippen LogP contribution in [0.5, 0.6) is 0 Å². The molecule has 0 fully saturated rings. The molecule has 1 heterocycles. The van der Waals surface area contributed by atoms with Gasteiger partial charge in [-0.25, -0.2) is 4.57 Å². The van der Waals surface area contributed by atoms with Crippen LogP contribution in [0.1, 0.15) is 64.7 Å². The van der Waals surface area contributed by atoms with E-state index in [0.717, 1.165) is 6.54 Å². The summed E-state index contributed by atoms with van der Waals surface area (Å²) >= 11 is 3.82. The third kappa shape index (κ3) is 9.21. The number of aryl methyl sites for hydroxylation is 1. The van der Waals surface area contributed by atoms with Crippen molar-refractivity contribution < 1.29 is 4.57 Å². The number of hydrogen-bond donors (Lipinski definition) is 0. The summed E-state index contributed by atoms with van der Waals surface area (Å²) in [5, 5.41) is 0. The molecular weight excluding hydrogens is 298 g/mol. The van der Waals surface area contributed by atoms with Crippen molar-refractivity contribution in [2.45, 2.75) is 76.1 Å². The van der Waals surface area contributed by atoms with Gasteiger partial charge in [-0.1, -0.05) is 73.9 Å². The summed E-state index contributed by atoms with van der Waals surface area (Å²) in [6.07, 6.45) is 16.7. The lowest BCUT2D eigenvalue weighted by atomic mass is 10.1. The van der Waals surface area contributed by atoms with Gasteiger partial charge in [-0.05, 0) is 6.42 Å². The van der Waals surface area contributed by atoms with Crippen molar-refractivity contribution >= 4 is 15.9 Å². The number of alkyl halides is 1. The maximum Gasteiger partial charge on any atom is 0.168 e. The van der Waals surface area contributed by atoms with E-state index in [1.54, 1.807) is 0 Å². The summed E-state index contributed by atoms with van der Waals surface area (Å²) in [5.74, 6) is 0. The van der Waals surface area contributed by atoms with Crippen LogP contribution in [0.2, 0.25) is 0 Å². The van der Waals surface area contributed by atoms with E-state index in [-0.39, 0.29) is 0 Å². The van der Waals surface area contributed by atoms with Gasteiger partial charge in [-0.2, -0.15) is 0 Å². The molecule has 19 heavy (non-hydrogen) atoms. The van der Waals surface area contributed by atoms with Gasteiger partial charge in [-0.15, -0.1) is 0 Å². The molecule has 1 atom stereocenters. The standard InChI is InChI=1S/C17H29BrN/c1-2-3-4-5-6-7-9-12-17(18)13-16-19-14-10-8-11-15-19/h8,10-11,14-15,17H,2-7,9,12-13,16H2,1H3/q+1. The molecule has 1 aromatic rings. The average Bonchev–Trinajstić information content (AvgIpc) is 2.45. The number of rotatable bonds is 11. The molecule has 2 heteroatoms. The minimum absolute atomic E-state index is 0.677. The Morgan fingerprint density at radius 2 is 1.47 bits per heavy atom. The molecule has 1 rings (SSSR count). The third-order valence-electron chi connectivity index (χ3n) is 3.60. The highest BCUT2D eigenvalue weighted by atomic mass is 79.9. The fraction of sp³-hybridized carbons (Fsp3) is 0.706. The minimum atomic E-state index is 0.677. The van der Waals surface area contributed by atoms with E-state index in [0.29, 0.717) is 4.83 Å². The van der Waals surface area contributed by atoms with Crippen LogP contribution < -0.4 is 4.57 Å². The zero-order valence-electron chi connectivity index (χ0n) is 12.4. The minimum Gasteiger partial charge on any atom is -0.205 e. The molecule has 1 aromatic heterocycles. The Kier molecular flexibility index (Phi) is 10.1. The second-order valence-electron chi connectivity index (χ2n) is 5.41. The molecular formula is C17H29BrN+. The van der Waals surface area contributed by atoms with E-state index < -0.39 is 0 Å². The SMILES string of the molecule is CCCCCCCCCC(Br)CC[n+]1ccccc1. The van der Waals surface area contributed by atoms with E-state index >= 15 is 0 Å². The third-order valence-corrected chi connectivity index (χ3v) is 4.51. The summed E-state index contributed by atoms with van der Waals surface area (Å²) in [4.78, 5) is 0.677. The molecule has 1 nitrogen and oxygen atoms in total. The molecule has 0 bridgehead atoms. The summed E-state index contributed by atoms with van der Waals surface area (Å²) in [6, 6.07) is 6.26. The molecule has 0 saturated carbocycles. The topological polar surface area (TPSA) is 3.88 Å². The molecule has 108 valence electrons. The molecule has 0 radical (unpaired) electrons. The predicted molar refractivity (Wildman–Crippen MR) is 86.6 cm³/mol. The summed E-state index contributed by atoms with van der Waals surface area (Å²) < 4.78 is 2.26. The van der Waals surface area contributed by atoms with Crippen molar-refractivity contribution in [3.05, 3.63) is 30.6 Å². The lowest BCUT2D eigenvalue weighted by Crippen LogP contribution is -2.33. The van der Waals surface area contributed by atoms with Gasteiger partial charge in [0.1, 0.15) is 6.54 Å². The second-order valence-corrected chi connectivity index (χ2v) is 6.70. The van der Waals surface area contributed by atoms with Gasteiger partial charge in [0, 0.05) is 23.4 Å². The van der Waals surface area contributed by atoms with Crippen molar-refractivity contribution in [3.8, 4) is 0 Å². The second kappa shape index (κ2) is 11.5. The van der Waals surface area contributed by atoms with Crippen molar-refractivity contribution in [3.63, 3.8) is 0 Å². The zero-order valence-corrected chi connectivity index (χ0v) is 13.9. The number of hydrogen-bond acceptors (Lipinski definition) is 0. The maximum atomic E-state index is 3.82. The number of aromatic nitrogens is 1. The Hall–Kier alpha value is -0.370. The summed E-state index contributed by atoms with van der Waals surface area (Å²) in [5.41, 5.74) is 0. The molecule has 0 aliphatic heterocycles. The fourth-order valence-corrected chi connectivity index (χ4v) is 2.87. The number of nitrogens with zero attached hydrogens (tertiary/aromatic N) is 1. The number of halogens is 1. The van der Waals surface area contributed by atoms with Crippen molar-refractivity contribution in [1.82, 2.24) is 0 Å². The Balaban J connectivity index is 1.95. The first kappa shape index (κ1) is 16.7. The van der Waals surface area contributed by atoms with Crippen LogP contribution in [0, 0.1) is 0 Å². The highest BCUT2D eigenvalue weighted by molar-refractivity contribution is 9.09. The Bertz CT molecular complexity index is 299. The van der Waals surface area contributed by atoms with Gasteiger partial charge in [0.15, 0.2) is 12.4 Å². The maximum absolute atomic E-state index is 3.82. The van der Waals surface area contributed by atoms with Crippen LogP contribution in [0.25, 0.3) is 0 Å². The van der Waals surface area contributed by atoms with E-state index in [2.05, 4.69) is 58.0 Å². The zero-order chi connectivity index (χ0) is 13.8. The van der Waals surface area contributed by atoms with Gasteiger partial charge in [-0.3, -0.25) is 0 Å². The number of unbranched alkanes of at least 4 members (excludes halogenated alkanes) is 6. The Labute approximate surface area is 127 Å². The smallest absolute Gasteiger partial charge is 0.168 e. The van der Waals surface area contributed by atoms with Crippen LogP contribution in [-0.2, 0) is 6.54 Å². The normalized spacial score (nSPS) is 12.5. The summed E-state index contributed by atoms with van der Waals surface area (Å²) in [6.45, 7) is 3.40. The van der Waals surface area contributed by atoms with Crippen LogP contribution in [-0.4, -0.2) is 4.83 Å². The molecule has 0 spiro atoms. The lowest BCUT2D eigenvalue weighted by Gasteiger charge is -2.07. The largest absolute Gasteiger partial charge is 0.205 e. The van der Waals surface area contributed by atoms with Gasteiger partial charge < -0.3 is 0 Å². The highest BCUT2D eigenvalue weighted by Crippen LogP contribution is 2.16. The fourth-order valence-electron chi connectivity index (χ4n) is 2.34. The molecule has 1 unspecified atom stereocenters. The van der Waals surface area contributed by atoms with Crippen LogP contribution in [0.4, 0.5) is 0 Å². The van der Waals surface area contributed by atoms with E-state index in [4.69, 9.17) is 0 Å². The monoisotopic (exact) mass is 326 g/mol. The number of pyridine rings is 1. The molecule has 0 N–H and O–H groups in total. The molecule has 0 aliphatic rings. The summed E-state index contributed by atoms with van der Waals surface area (Å²) in [7, 11) is 0. The van der Waals surface area contributed by atoms with Crippen molar-refractivity contribution in [1.29, 1.82) is 0 Å². The van der Waals surface area contributed by atoms with Gasteiger partial charge in [0.05, 0.1) is 0 Å². The first-order valence-electron chi connectivity index (χ1n) is 7.91. The Morgan fingerprint density at radius 3 is 2.16 bits per heavy atom. The van der Waals surface area contributed by atoms with Crippen LogP contribution in [0.15, 0.2) is 30.6 Å². The predicted octanol–water partition coefficient (Wildman–Crippen LogP) is 5.27. The van der Waals surface area contributed by atoms with Gasteiger partial charge in [0.25, 0.3) is 0 Å². The highest BCUT2D eigenvalue weighted by Gasteiger charge is 2.07. The van der Waals surface area contributed by atoms with E-state index in [9.17, 15) is 0 Å². The van der Waals surface area contributed by atoms with E-state index in [1.807, 2.05) is 0 Å². The molecule has 0 saturated heterocycles. The van der Waals surface area contributed by atoms with Crippen LogP contribution >= 0.6 is 15.9 Å². The van der Waals surface area contributed by atoms with E-state index in [1.165, 1.54) is 57.8 Å². The molecule has 0 aliphatic carbocycles. The van der Waals surface area contributed by atoms with Crippen molar-refractivity contribution in [2.24, 2.45) is 0 Å². The first-order chi connectivity index (χ1) is 9.33. The molecule has 0 aromatic carbocycles. The van der Waals surface area contributed by atoms with Gasteiger partial charge >= 0.3 is 0 Å². The quantitative estimate of drug-likeness (QED) is 0.296. The molecule has 0 amide bonds. The Morgan fingerprint density at radius 1 is 0.842 bits per heavy atom. The lowest BCUT2D eigenvalue weighted by molar-refractivity contribution is -0.697.